The Balaban J connectivity index is 1.68. The summed E-state index contributed by atoms with van der Waals surface area (Å²) in [5, 5.41) is 10.9. The predicted octanol–water partition coefficient (Wildman–Crippen LogP) is 2.22. The van der Waals surface area contributed by atoms with Crippen LogP contribution in [0.25, 0.3) is 0 Å². The van der Waals surface area contributed by atoms with E-state index in [-0.39, 0.29) is 5.82 Å². The molecule has 1 aromatic carbocycles. The summed E-state index contributed by atoms with van der Waals surface area (Å²) in [7, 11) is 0. The van der Waals surface area contributed by atoms with Crippen LogP contribution in [0.5, 0.6) is 0 Å². The number of hydrogen-bond acceptors (Lipinski definition) is 5. The van der Waals surface area contributed by atoms with E-state index in [1.807, 2.05) is 0 Å². The van der Waals surface area contributed by atoms with Crippen LogP contribution < -0.4 is 10.2 Å². The highest BCUT2D eigenvalue weighted by Gasteiger charge is 2.14. The molecule has 3 rings (SSSR count). The van der Waals surface area contributed by atoms with Gasteiger partial charge >= 0.3 is 0 Å². The number of benzene rings is 1. The average molecular weight is 273 g/mol. The number of halogens is 1. The molecule has 0 spiro atoms. The van der Waals surface area contributed by atoms with Crippen molar-refractivity contribution in [1.29, 1.82) is 0 Å². The minimum Gasteiger partial charge on any atom is -0.355 e. The molecule has 0 aliphatic carbocycles. The van der Waals surface area contributed by atoms with Gasteiger partial charge in [0, 0.05) is 25.2 Å². The topological polar surface area (TPSA) is 53.9 Å². The van der Waals surface area contributed by atoms with Crippen molar-refractivity contribution in [2.45, 2.75) is 19.4 Å². The van der Waals surface area contributed by atoms with Gasteiger partial charge in [0.25, 0.3) is 0 Å². The van der Waals surface area contributed by atoms with E-state index in [1.165, 1.54) is 18.9 Å². The molecule has 5 nitrogen and oxygen atoms in total. The molecule has 1 aliphatic rings. The third kappa shape index (κ3) is 2.84. The first kappa shape index (κ1) is 12.8. The zero-order chi connectivity index (χ0) is 13.8. The zero-order valence-electron chi connectivity index (χ0n) is 11.1. The van der Waals surface area contributed by atoms with E-state index >= 15 is 0 Å². The first-order valence-corrected chi connectivity index (χ1v) is 6.75. The smallest absolute Gasteiger partial charge is 0.244 e. The van der Waals surface area contributed by atoms with Crippen molar-refractivity contribution in [2.75, 3.05) is 23.3 Å². The van der Waals surface area contributed by atoms with Gasteiger partial charge in [0.05, 0.1) is 6.20 Å². The van der Waals surface area contributed by atoms with Crippen molar-refractivity contribution in [3.8, 4) is 0 Å². The van der Waals surface area contributed by atoms with Gasteiger partial charge in [-0.05, 0) is 18.9 Å². The Morgan fingerprint density at radius 2 is 2.00 bits per heavy atom. The van der Waals surface area contributed by atoms with E-state index in [9.17, 15) is 4.39 Å². The maximum absolute atomic E-state index is 13.5. The van der Waals surface area contributed by atoms with Crippen molar-refractivity contribution < 1.29 is 4.39 Å². The fourth-order valence-corrected chi connectivity index (χ4v) is 2.28. The molecule has 0 amide bonds. The molecule has 2 heterocycles. The van der Waals surface area contributed by atoms with Crippen LogP contribution in [0.2, 0.25) is 0 Å². The number of aromatic nitrogens is 3. The first-order chi connectivity index (χ1) is 9.83. The summed E-state index contributed by atoms with van der Waals surface area (Å²) in [5.41, 5.74) is 0.586. The molecule has 0 saturated carbocycles. The van der Waals surface area contributed by atoms with Crippen molar-refractivity contribution in [2.24, 2.45) is 0 Å². The lowest BCUT2D eigenvalue weighted by Crippen LogP contribution is -2.20. The van der Waals surface area contributed by atoms with Gasteiger partial charge in [-0.2, -0.15) is 10.1 Å². The molecule has 0 radical (unpaired) electrons. The minimum atomic E-state index is -0.233. The fraction of sp³-hybridized carbons (Fsp3) is 0.357. The largest absolute Gasteiger partial charge is 0.355 e. The van der Waals surface area contributed by atoms with Crippen LogP contribution in [0.15, 0.2) is 30.5 Å². The summed E-state index contributed by atoms with van der Waals surface area (Å²) >= 11 is 0. The molecule has 20 heavy (non-hydrogen) atoms. The lowest BCUT2D eigenvalue weighted by Gasteiger charge is -2.15. The Labute approximate surface area is 116 Å². The SMILES string of the molecule is Fc1ccccc1CNc1nncc(N2CCCC2)n1. The molecule has 0 bridgehead atoms. The standard InChI is InChI=1S/C14H16FN5/c15-12-6-2-1-5-11(12)9-16-14-18-13(10-17-19-14)20-7-3-4-8-20/h1-2,5-6,10H,3-4,7-9H2,(H,16,18,19). The second-order valence-electron chi connectivity index (χ2n) is 4.78. The Hall–Kier alpha value is -2.24. The lowest BCUT2D eigenvalue weighted by atomic mass is 10.2. The van der Waals surface area contributed by atoms with Crippen LogP contribution in [0, 0.1) is 5.82 Å². The second kappa shape index (κ2) is 5.81. The van der Waals surface area contributed by atoms with Crippen LogP contribution in [0.3, 0.4) is 0 Å². The molecule has 6 heteroatoms. The number of anilines is 2. The average Bonchev–Trinajstić information content (AvgIpc) is 3.01. The maximum atomic E-state index is 13.5. The molecular formula is C14H16FN5. The maximum Gasteiger partial charge on any atom is 0.244 e. The van der Waals surface area contributed by atoms with E-state index in [0.29, 0.717) is 18.1 Å². The molecule has 104 valence electrons. The van der Waals surface area contributed by atoms with E-state index in [1.54, 1.807) is 24.4 Å². The van der Waals surface area contributed by atoms with Gasteiger partial charge in [0.2, 0.25) is 5.95 Å². The summed E-state index contributed by atoms with van der Waals surface area (Å²) in [6.07, 6.45) is 4.03. The first-order valence-electron chi connectivity index (χ1n) is 6.75. The van der Waals surface area contributed by atoms with Gasteiger partial charge < -0.3 is 10.2 Å². The number of nitrogens with one attached hydrogen (secondary N) is 1. The number of hydrogen-bond donors (Lipinski definition) is 1. The van der Waals surface area contributed by atoms with E-state index in [0.717, 1.165) is 18.9 Å². The highest BCUT2D eigenvalue weighted by molar-refractivity contribution is 5.41. The Bertz CT molecular complexity index is 583. The van der Waals surface area contributed by atoms with Crippen LogP contribution in [-0.4, -0.2) is 28.3 Å². The Morgan fingerprint density at radius 1 is 1.20 bits per heavy atom. The van der Waals surface area contributed by atoms with Crippen LogP contribution in [0.4, 0.5) is 16.2 Å². The summed E-state index contributed by atoms with van der Waals surface area (Å²) in [6, 6.07) is 6.65. The third-order valence-corrected chi connectivity index (χ3v) is 3.37. The Kier molecular flexibility index (Phi) is 3.71. The highest BCUT2D eigenvalue weighted by atomic mass is 19.1. The van der Waals surface area contributed by atoms with Crippen molar-refractivity contribution in [3.05, 3.63) is 41.8 Å². The normalized spacial score (nSPS) is 14.6. The molecule has 1 aliphatic heterocycles. The highest BCUT2D eigenvalue weighted by Crippen LogP contribution is 2.17. The van der Waals surface area contributed by atoms with Gasteiger partial charge in [0.1, 0.15) is 5.82 Å². The van der Waals surface area contributed by atoms with E-state index in [4.69, 9.17) is 0 Å². The number of nitrogens with zero attached hydrogens (tertiary/aromatic N) is 4. The summed E-state index contributed by atoms with van der Waals surface area (Å²) in [5.74, 6) is 1.02. The lowest BCUT2D eigenvalue weighted by molar-refractivity contribution is 0.612. The second-order valence-corrected chi connectivity index (χ2v) is 4.78. The molecule has 1 aromatic heterocycles. The molecule has 2 aromatic rings. The molecule has 0 atom stereocenters. The summed E-state index contributed by atoms with van der Waals surface area (Å²) < 4.78 is 13.5. The monoisotopic (exact) mass is 273 g/mol. The zero-order valence-corrected chi connectivity index (χ0v) is 11.1. The molecule has 1 fully saturated rings. The minimum absolute atomic E-state index is 0.233. The molecular weight excluding hydrogens is 257 g/mol. The predicted molar refractivity (Wildman–Crippen MR) is 75.0 cm³/mol. The van der Waals surface area contributed by atoms with Crippen LogP contribution in [-0.2, 0) is 6.54 Å². The fourth-order valence-electron chi connectivity index (χ4n) is 2.28. The quantitative estimate of drug-likeness (QED) is 0.925. The molecule has 1 N–H and O–H groups in total. The number of rotatable bonds is 4. The van der Waals surface area contributed by atoms with Gasteiger partial charge in [-0.3, -0.25) is 0 Å². The van der Waals surface area contributed by atoms with Gasteiger partial charge in [-0.15, -0.1) is 5.10 Å². The van der Waals surface area contributed by atoms with E-state index in [2.05, 4.69) is 25.4 Å². The van der Waals surface area contributed by atoms with Crippen LogP contribution >= 0.6 is 0 Å². The van der Waals surface area contributed by atoms with Crippen LogP contribution in [0.1, 0.15) is 18.4 Å². The summed E-state index contributed by atoms with van der Waals surface area (Å²) in [6.45, 7) is 2.36. The Morgan fingerprint density at radius 3 is 2.80 bits per heavy atom. The van der Waals surface area contributed by atoms with Crippen molar-refractivity contribution >= 4 is 11.8 Å². The molecule has 1 saturated heterocycles. The van der Waals surface area contributed by atoms with E-state index < -0.39 is 0 Å². The summed E-state index contributed by atoms with van der Waals surface area (Å²) in [4.78, 5) is 6.60. The van der Waals surface area contributed by atoms with Crippen molar-refractivity contribution in [1.82, 2.24) is 15.2 Å². The van der Waals surface area contributed by atoms with Gasteiger partial charge in [0.15, 0.2) is 5.82 Å². The molecule has 0 unspecified atom stereocenters. The third-order valence-electron chi connectivity index (χ3n) is 3.37. The van der Waals surface area contributed by atoms with Crippen molar-refractivity contribution in [3.63, 3.8) is 0 Å². The van der Waals surface area contributed by atoms with Gasteiger partial charge in [-0.25, -0.2) is 4.39 Å². The van der Waals surface area contributed by atoms with Gasteiger partial charge in [-0.1, -0.05) is 18.2 Å².